The van der Waals surface area contributed by atoms with Crippen molar-refractivity contribution >= 4 is 23.9 Å². The number of rotatable bonds is 3. The third-order valence-corrected chi connectivity index (χ3v) is 10.2. The standard InChI is InChI=1S/C42H22O13/c43-21-3-9-28-33(15-21)53-36-18-24(6-12-31(36)41(28)27-8-2-19(37(46)47)13-26(27)40(50)55-41)51-38(48)20-1-7-25-32(14-20)42(54-39(25)49)29-10-4-22(44)16-34(29)52-35-17-23(45)5-11-30(35)42/h1-18,43-45H,(H,46,47). The monoisotopic (exact) mass is 734 g/mol. The zero-order chi connectivity index (χ0) is 38.0. The second-order valence-electron chi connectivity index (χ2n) is 13.3. The highest BCUT2D eigenvalue weighted by Crippen LogP contribution is 2.59. The van der Waals surface area contributed by atoms with Gasteiger partial charge in [0.2, 0.25) is 0 Å². The van der Waals surface area contributed by atoms with Gasteiger partial charge in [0.15, 0.2) is 11.2 Å². The van der Waals surface area contributed by atoms with E-state index >= 15 is 0 Å². The molecule has 268 valence electrons. The van der Waals surface area contributed by atoms with Crippen LogP contribution in [0, 0.1) is 0 Å². The first kappa shape index (κ1) is 31.9. The summed E-state index contributed by atoms with van der Waals surface area (Å²) in [7, 11) is 0. The molecule has 1 unspecified atom stereocenters. The Morgan fingerprint density at radius 3 is 1.53 bits per heavy atom. The van der Waals surface area contributed by atoms with Crippen LogP contribution < -0.4 is 14.2 Å². The molecule has 2 spiro atoms. The summed E-state index contributed by atoms with van der Waals surface area (Å²) in [6.45, 7) is 0. The van der Waals surface area contributed by atoms with Gasteiger partial charge in [0.05, 0.1) is 22.3 Å². The minimum atomic E-state index is -1.61. The number of hydrogen-bond donors (Lipinski definition) is 4. The molecule has 4 aliphatic heterocycles. The topological polar surface area (TPSA) is 195 Å². The SMILES string of the molecule is O=C(O)c1ccc2c(c1)C(=O)OC21c2ccc(O)cc2Oc2cc(OC(=O)c3ccc4c(c3)C3(OC4=O)c4ccc(O)cc4Oc4cc(O)ccc43)ccc21. The van der Waals surface area contributed by atoms with Crippen LogP contribution in [0.25, 0.3) is 0 Å². The maximum absolute atomic E-state index is 13.9. The third-order valence-electron chi connectivity index (χ3n) is 10.2. The molecule has 0 saturated heterocycles. The first-order valence-corrected chi connectivity index (χ1v) is 16.7. The van der Waals surface area contributed by atoms with Crippen LogP contribution in [0.4, 0.5) is 0 Å². The van der Waals surface area contributed by atoms with E-state index in [9.17, 15) is 39.6 Å². The van der Waals surface area contributed by atoms with Crippen molar-refractivity contribution < 1.29 is 63.3 Å². The lowest BCUT2D eigenvalue weighted by Gasteiger charge is -2.36. The number of carbonyl (C=O) groups excluding carboxylic acids is 3. The summed E-state index contributed by atoms with van der Waals surface area (Å²) in [4.78, 5) is 52.3. The Morgan fingerprint density at radius 2 is 0.964 bits per heavy atom. The Bertz CT molecular complexity index is 2730. The van der Waals surface area contributed by atoms with Crippen molar-refractivity contribution in [2.45, 2.75) is 11.2 Å². The van der Waals surface area contributed by atoms with E-state index < -0.39 is 35.1 Å². The number of carboxylic acid groups (broad SMARTS) is 1. The van der Waals surface area contributed by atoms with E-state index in [2.05, 4.69) is 0 Å². The highest BCUT2D eigenvalue weighted by molar-refractivity contribution is 6.01. The van der Waals surface area contributed by atoms with E-state index in [0.29, 0.717) is 33.4 Å². The predicted octanol–water partition coefficient (Wildman–Crippen LogP) is 6.86. The number of fused-ring (bicyclic) bond motifs is 12. The van der Waals surface area contributed by atoms with Crippen molar-refractivity contribution in [3.05, 3.63) is 165 Å². The lowest BCUT2D eigenvalue weighted by molar-refractivity contribution is 0.0214. The maximum Gasteiger partial charge on any atom is 0.343 e. The molecule has 6 aromatic rings. The Labute approximate surface area is 308 Å². The van der Waals surface area contributed by atoms with Gasteiger partial charge in [-0.15, -0.1) is 0 Å². The van der Waals surface area contributed by atoms with Gasteiger partial charge in [-0.3, -0.25) is 0 Å². The lowest BCUT2D eigenvalue weighted by Crippen LogP contribution is -2.33. The zero-order valence-corrected chi connectivity index (χ0v) is 27.9. The molecule has 55 heavy (non-hydrogen) atoms. The molecule has 0 radical (unpaired) electrons. The van der Waals surface area contributed by atoms with Crippen molar-refractivity contribution in [1.82, 2.24) is 0 Å². The van der Waals surface area contributed by atoms with Crippen LogP contribution in [0.3, 0.4) is 0 Å². The summed E-state index contributed by atoms with van der Waals surface area (Å²) >= 11 is 0. The van der Waals surface area contributed by atoms with E-state index in [-0.39, 0.29) is 68.2 Å². The third kappa shape index (κ3) is 4.34. The average molecular weight is 735 g/mol. The fraction of sp³-hybridized carbons (Fsp3) is 0.0476. The molecule has 13 nitrogen and oxygen atoms in total. The van der Waals surface area contributed by atoms with Gasteiger partial charge < -0.3 is 44.1 Å². The smallest absolute Gasteiger partial charge is 0.343 e. The van der Waals surface area contributed by atoms with Crippen LogP contribution in [-0.4, -0.2) is 44.3 Å². The number of esters is 3. The largest absolute Gasteiger partial charge is 0.508 e. The van der Waals surface area contributed by atoms with Crippen molar-refractivity contribution in [2.24, 2.45) is 0 Å². The van der Waals surface area contributed by atoms with Crippen molar-refractivity contribution in [3.8, 4) is 46.0 Å². The van der Waals surface area contributed by atoms with E-state index in [1.807, 2.05) is 0 Å². The highest BCUT2D eigenvalue weighted by atomic mass is 16.6. The van der Waals surface area contributed by atoms with Gasteiger partial charge in [-0.25, -0.2) is 19.2 Å². The number of phenols is 3. The number of carbonyl (C=O) groups is 4. The number of carboxylic acids is 1. The molecule has 1 atom stereocenters. The molecule has 6 aromatic carbocycles. The van der Waals surface area contributed by atoms with Crippen molar-refractivity contribution in [1.29, 1.82) is 0 Å². The Morgan fingerprint density at radius 1 is 0.491 bits per heavy atom. The average Bonchev–Trinajstić information content (AvgIpc) is 3.61. The summed E-state index contributed by atoms with van der Waals surface area (Å²) in [5.41, 5.74) is -0.907. The van der Waals surface area contributed by atoms with Gasteiger partial charge in [-0.05, 0) is 78.9 Å². The van der Waals surface area contributed by atoms with Gasteiger partial charge >= 0.3 is 23.9 Å². The van der Waals surface area contributed by atoms with E-state index in [1.165, 1.54) is 84.9 Å². The van der Waals surface area contributed by atoms with E-state index in [4.69, 9.17) is 23.7 Å². The second kappa shape index (κ2) is 10.9. The Hall–Kier alpha value is -7.80. The molecule has 0 saturated carbocycles. The molecule has 0 aliphatic carbocycles. The van der Waals surface area contributed by atoms with Crippen molar-refractivity contribution in [3.63, 3.8) is 0 Å². The molecule has 0 amide bonds. The quantitative estimate of drug-likeness (QED) is 0.109. The first-order chi connectivity index (χ1) is 26.5. The van der Waals surface area contributed by atoms with Crippen LogP contribution in [0.2, 0.25) is 0 Å². The fourth-order valence-corrected chi connectivity index (χ4v) is 7.89. The normalized spacial score (nSPS) is 17.3. The van der Waals surface area contributed by atoms with Crippen LogP contribution in [0.15, 0.2) is 109 Å². The minimum absolute atomic E-state index is 0.0310. The zero-order valence-electron chi connectivity index (χ0n) is 27.9. The molecule has 0 aromatic heterocycles. The number of hydrogen-bond acceptors (Lipinski definition) is 12. The van der Waals surface area contributed by atoms with Gasteiger partial charge in [0.1, 0.15) is 46.0 Å². The highest BCUT2D eigenvalue weighted by Gasteiger charge is 2.55. The van der Waals surface area contributed by atoms with Crippen LogP contribution in [0.1, 0.15) is 74.8 Å². The summed E-state index contributed by atoms with van der Waals surface area (Å²) in [6, 6.07) is 25.9. The molecule has 4 N–H and O–H groups in total. The molecule has 13 heteroatoms. The van der Waals surface area contributed by atoms with Gasteiger partial charge in [-0.2, -0.15) is 0 Å². The summed E-state index contributed by atoms with van der Waals surface area (Å²) in [5, 5.41) is 40.4. The number of phenolic OH excluding ortho intramolecular Hbond substituents is 3. The maximum atomic E-state index is 13.9. The minimum Gasteiger partial charge on any atom is -0.508 e. The summed E-state index contributed by atoms with van der Waals surface area (Å²) < 4.78 is 30.2. The molecule has 0 fully saturated rings. The van der Waals surface area contributed by atoms with Crippen LogP contribution >= 0.6 is 0 Å². The number of benzene rings is 6. The molecule has 0 bridgehead atoms. The van der Waals surface area contributed by atoms with Gasteiger partial charge in [0, 0.05) is 57.6 Å². The number of aromatic hydroxyl groups is 3. The Balaban J connectivity index is 1.05. The molecule has 4 heterocycles. The number of aromatic carboxylic acids is 1. The first-order valence-electron chi connectivity index (χ1n) is 16.7. The Kier molecular flexibility index (Phi) is 6.30. The lowest BCUT2D eigenvalue weighted by atomic mass is 9.77. The van der Waals surface area contributed by atoms with E-state index in [1.54, 1.807) is 24.3 Å². The summed E-state index contributed by atoms with van der Waals surface area (Å²) in [5.74, 6) is -3.18. The second-order valence-corrected chi connectivity index (χ2v) is 13.3. The van der Waals surface area contributed by atoms with Crippen LogP contribution in [-0.2, 0) is 20.7 Å². The molecular formula is C42H22O13. The molecule has 10 rings (SSSR count). The van der Waals surface area contributed by atoms with Gasteiger partial charge in [-0.1, -0.05) is 6.07 Å². The van der Waals surface area contributed by atoms with Gasteiger partial charge in [0.25, 0.3) is 0 Å². The predicted molar refractivity (Wildman–Crippen MR) is 186 cm³/mol. The van der Waals surface area contributed by atoms with Crippen molar-refractivity contribution in [2.75, 3.05) is 0 Å². The molecule has 4 aliphatic rings. The fourth-order valence-electron chi connectivity index (χ4n) is 7.89. The summed E-state index contributed by atoms with van der Waals surface area (Å²) in [6.07, 6.45) is 0. The number of ether oxygens (including phenoxy) is 5. The molecular weight excluding hydrogens is 712 g/mol. The van der Waals surface area contributed by atoms with Crippen LogP contribution in [0.5, 0.6) is 46.0 Å². The van der Waals surface area contributed by atoms with E-state index in [0.717, 1.165) is 0 Å².